The van der Waals surface area contributed by atoms with Gasteiger partial charge < -0.3 is 15.5 Å². The third-order valence-electron chi connectivity index (χ3n) is 4.89. The number of hydrogen-bond acceptors (Lipinski definition) is 6. The zero-order valence-electron chi connectivity index (χ0n) is 16.0. The van der Waals surface area contributed by atoms with Gasteiger partial charge in [0.15, 0.2) is 11.5 Å². The van der Waals surface area contributed by atoms with Gasteiger partial charge in [-0.25, -0.2) is 9.97 Å². The van der Waals surface area contributed by atoms with Gasteiger partial charge in [-0.15, -0.1) is 0 Å². The Morgan fingerprint density at radius 2 is 1.97 bits per heavy atom. The van der Waals surface area contributed by atoms with Crippen molar-refractivity contribution in [1.82, 2.24) is 15.3 Å². The van der Waals surface area contributed by atoms with Crippen molar-refractivity contribution in [3.8, 4) is 6.07 Å². The monoisotopic (exact) mass is 412 g/mol. The molecular formula is C20H21ClN6O2. The van der Waals surface area contributed by atoms with E-state index < -0.39 is 11.8 Å². The number of benzene rings is 1. The molecule has 150 valence electrons. The number of carbonyl (C=O) groups excluding carboxylic acids is 2. The highest BCUT2D eigenvalue weighted by atomic mass is 35.5. The van der Waals surface area contributed by atoms with Gasteiger partial charge in [0.2, 0.25) is 0 Å². The van der Waals surface area contributed by atoms with E-state index in [0.29, 0.717) is 41.9 Å². The predicted molar refractivity (Wildman–Crippen MR) is 110 cm³/mol. The van der Waals surface area contributed by atoms with Crippen LogP contribution in [-0.2, 0) is 9.59 Å². The van der Waals surface area contributed by atoms with Crippen LogP contribution in [0.15, 0.2) is 30.6 Å². The number of carbonyl (C=O) groups is 2. The van der Waals surface area contributed by atoms with Gasteiger partial charge in [-0.3, -0.25) is 9.59 Å². The van der Waals surface area contributed by atoms with Crippen LogP contribution in [0.5, 0.6) is 0 Å². The maximum Gasteiger partial charge on any atom is 0.313 e. The molecule has 2 amide bonds. The summed E-state index contributed by atoms with van der Waals surface area (Å²) in [5.74, 6) is -0.557. The minimum atomic E-state index is -0.722. The second-order valence-electron chi connectivity index (χ2n) is 6.90. The molecular weight excluding hydrogens is 392 g/mol. The number of amides is 2. The van der Waals surface area contributed by atoms with E-state index in [9.17, 15) is 9.59 Å². The summed E-state index contributed by atoms with van der Waals surface area (Å²) in [4.78, 5) is 34.5. The van der Waals surface area contributed by atoms with Gasteiger partial charge in [-0.1, -0.05) is 17.7 Å². The molecule has 1 aliphatic heterocycles. The largest absolute Gasteiger partial charge is 0.354 e. The Morgan fingerprint density at radius 3 is 2.66 bits per heavy atom. The summed E-state index contributed by atoms with van der Waals surface area (Å²) >= 11 is 6.03. The van der Waals surface area contributed by atoms with Gasteiger partial charge >= 0.3 is 11.8 Å². The van der Waals surface area contributed by atoms with Gasteiger partial charge in [0.25, 0.3) is 0 Å². The smallest absolute Gasteiger partial charge is 0.313 e. The number of hydrogen-bond donors (Lipinski definition) is 2. The number of aryl methyl sites for hydroxylation is 1. The lowest BCUT2D eigenvalue weighted by Gasteiger charge is -2.32. The average Bonchev–Trinajstić information content (AvgIpc) is 2.75. The topological polar surface area (TPSA) is 111 Å². The molecule has 2 heterocycles. The van der Waals surface area contributed by atoms with Crippen LogP contribution >= 0.6 is 11.6 Å². The standard InChI is InChI=1S/C20H21ClN6O2/c1-13-2-3-15(10-16(13)21)26-20(29)19(28)25-12-14-4-8-27(9-5-14)18-17(11-22)23-6-7-24-18/h2-3,6-7,10,14H,4-5,8-9,12H2,1H3,(H,25,28)(H,26,29). The number of nitriles is 1. The molecule has 0 radical (unpaired) electrons. The highest BCUT2D eigenvalue weighted by molar-refractivity contribution is 6.39. The molecule has 9 heteroatoms. The minimum absolute atomic E-state index is 0.249. The average molecular weight is 413 g/mol. The Kier molecular flexibility index (Phi) is 6.62. The first kappa shape index (κ1) is 20.6. The summed E-state index contributed by atoms with van der Waals surface area (Å²) in [5, 5.41) is 14.9. The van der Waals surface area contributed by atoms with Crippen LogP contribution in [0.2, 0.25) is 5.02 Å². The van der Waals surface area contributed by atoms with Crippen molar-refractivity contribution in [2.75, 3.05) is 29.9 Å². The van der Waals surface area contributed by atoms with E-state index in [1.165, 1.54) is 6.20 Å². The Balaban J connectivity index is 1.46. The molecule has 1 aromatic heterocycles. The molecule has 0 atom stereocenters. The van der Waals surface area contributed by atoms with Crippen LogP contribution in [0.25, 0.3) is 0 Å². The quantitative estimate of drug-likeness (QED) is 0.745. The lowest BCUT2D eigenvalue weighted by molar-refractivity contribution is -0.136. The van der Waals surface area contributed by atoms with Gasteiger partial charge in [-0.05, 0) is 43.4 Å². The van der Waals surface area contributed by atoms with Crippen molar-refractivity contribution in [1.29, 1.82) is 5.26 Å². The lowest BCUT2D eigenvalue weighted by Crippen LogP contribution is -2.42. The molecule has 0 bridgehead atoms. The van der Waals surface area contributed by atoms with E-state index in [2.05, 4.69) is 26.7 Å². The number of aromatic nitrogens is 2. The first-order valence-corrected chi connectivity index (χ1v) is 9.67. The van der Waals surface area contributed by atoms with E-state index >= 15 is 0 Å². The summed E-state index contributed by atoms with van der Waals surface area (Å²) in [7, 11) is 0. The lowest BCUT2D eigenvalue weighted by atomic mass is 9.96. The summed E-state index contributed by atoms with van der Waals surface area (Å²) in [6, 6.07) is 7.14. The normalized spacial score (nSPS) is 14.2. The second-order valence-corrected chi connectivity index (χ2v) is 7.31. The van der Waals surface area contributed by atoms with E-state index in [1.807, 2.05) is 11.8 Å². The van der Waals surface area contributed by atoms with Crippen LogP contribution in [0.4, 0.5) is 11.5 Å². The highest BCUT2D eigenvalue weighted by Crippen LogP contribution is 2.23. The zero-order chi connectivity index (χ0) is 20.8. The Labute approximate surface area is 173 Å². The van der Waals surface area contributed by atoms with Crippen LogP contribution in [0.1, 0.15) is 24.1 Å². The maximum absolute atomic E-state index is 12.1. The molecule has 0 unspecified atom stereocenters. The number of halogens is 1. The molecule has 2 aromatic rings. The van der Waals surface area contributed by atoms with Crippen LogP contribution < -0.4 is 15.5 Å². The van der Waals surface area contributed by atoms with Crippen LogP contribution in [0.3, 0.4) is 0 Å². The van der Waals surface area contributed by atoms with Crippen LogP contribution in [0, 0.1) is 24.2 Å². The number of piperidine rings is 1. The number of nitrogens with one attached hydrogen (secondary N) is 2. The molecule has 1 fully saturated rings. The molecule has 29 heavy (non-hydrogen) atoms. The van der Waals surface area contributed by atoms with Gasteiger partial charge in [0.05, 0.1) is 0 Å². The number of nitrogens with zero attached hydrogens (tertiary/aromatic N) is 4. The SMILES string of the molecule is Cc1ccc(NC(=O)C(=O)NCC2CCN(c3nccnc3C#N)CC2)cc1Cl. The second kappa shape index (κ2) is 9.34. The molecule has 1 aromatic carbocycles. The van der Waals surface area contributed by atoms with Crippen molar-refractivity contribution in [2.24, 2.45) is 5.92 Å². The summed E-state index contributed by atoms with van der Waals surface area (Å²) in [6.07, 6.45) is 4.70. The third-order valence-corrected chi connectivity index (χ3v) is 5.29. The maximum atomic E-state index is 12.1. The molecule has 8 nitrogen and oxygen atoms in total. The number of anilines is 2. The van der Waals surface area contributed by atoms with E-state index in [1.54, 1.807) is 24.4 Å². The fourth-order valence-corrected chi connectivity index (χ4v) is 3.35. The Morgan fingerprint density at radius 1 is 1.24 bits per heavy atom. The number of rotatable bonds is 4. The fourth-order valence-electron chi connectivity index (χ4n) is 3.17. The van der Waals surface area contributed by atoms with E-state index in [0.717, 1.165) is 18.4 Å². The molecule has 3 rings (SSSR count). The van der Waals surface area contributed by atoms with Crippen molar-refractivity contribution in [3.63, 3.8) is 0 Å². The summed E-state index contributed by atoms with van der Waals surface area (Å²) < 4.78 is 0. The first-order valence-electron chi connectivity index (χ1n) is 9.29. The minimum Gasteiger partial charge on any atom is -0.354 e. The van der Waals surface area contributed by atoms with Crippen molar-refractivity contribution < 1.29 is 9.59 Å². The van der Waals surface area contributed by atoms with Crippen LogP contribution in [-0.4, -0.2) is 41.4 Å². The molecule has 0 spiro atoms. The molecule has 0 aliphatic carbocycles. The third kappa shape index (κ3) is 5.21. The van der Waals surface area contributed by atoms with Crippen molar-refractivity contribution >= 4 is 34.9 Å². The van der Waals surface area contributed by atoms with Gasteiger partial charge in [0, 0.05) is 42.7 Å². The molecule has 0 saturated carbocycles. The first-order chi connectivity index (χ1) is 14.0. The Hall–Kier alpha value is -3.18. The predicted octanol–water partition coefficient (Wildman–Crippen LogP) is 2.28. The van der Waals surface area contributed by atoms with E-state index in [-0.39, 0.29) is 5.92 Å². The summed E-state index contributed by atoms with van der Waals surface area (Å²) in [5.41, 5.74) is 1.68. The van der Waals surface area contributed by atoms with Crippen molar-refractivity contribution in [2.45, 2.75) is 19.8 Å². The molecule has 1 saturated heterocycles. The van der Waals surface area contributed by atoms with Gasteiger partial charge in [-0.2, -0.15) is 5.26 Å². The van der Waals surface area contributed by atoms with Gasteiger partial charge in [0.1, 0.15) is 6.07 Å². The van der Waals surface area contributed by atoms with E-state index in [4.69, 9.17) is 16.9 Å². The highest BCUT2D eigenvalue weighted by Gasteiger charge is 2.23. The Bertz CT molecular complexity index is 950. The molecule has 1 aliphatic rings. The molecule has 2 N–H and O–H groups in total. The van der Waals surface area contributed by atoms with Crippen molar-refractivity contribution in [3.05, 3.63) is 46.9 Å². The fraction of sp³-hybridized carbons (Fsp3) is 0.350. The summed E-state index contributed by atoms with van der Waals surface area (Å²) in [6.45, 7) is 3.70. The zero-order valence-corrected chi connectivity index (χ0v) is 16.7.